The van der Waals surface area contributed by atoms with Crippen LogP contribution in [-0.2, 0) is 6.42 Å². The number of ether oxygens (including phenoxy) is 2. The molecule has 1 aliphatic carbocycles. The van der Waals surface area contributed by atoms with E-state index in [1.54, 1.807) is 23.5 Å². The number of fused-ring (bicyclic) bond motifs is 1. The van der Waals surface area contributed by atoms with Crippen molar-refractivity contribution < 1.29 is 19.0 Å². The molecule has 2 aliphatic heterocycles. The number of thiophene rings is 1. The van der Waals surface area contributed by atoms with E-state index in [9.17, 15) is 5.11 Å². The topological polar surface area (TPSA) is 45.2 Å². The number of likely N-dealkylation sites (tertiary alicyclic amines) is 2. The van der Waals surface area contributed by atoms with Gasteiger partial charge in [0, 0.05) is 22.2 Å². The summed E-state index contributed by atoms with van der Waals surface area (Å²) in [6.07, 6.45) is 10.2. The molecule has 3 aliphatic rings. The van der Waals surface area contributed by atoms with Gasteiger partial charge in [-0.1, -0.05) is 12.5 Å². The fraction of sp³-hybridized carbons (Fsp3) is 0.459. The Labute approximate surface area is 264 Å². The van der Waals surface area contributed by atoms with Gasteiger partial charge in [-0.05, 0) is 154 Å². The summed E-state index contributed by atoms with van der Waals surface area (Å²) in [5, 5.41) is 11.3. The minimum absolute atomic E-state index is 0.0504. The SMILES string of the molecule is Oc1ccc2c(Cc3ccc(O[C@@H]4CCCC[C@H]4N4CCCC4)c(F)c3)c(-c3ccc(OCCN4CCCC4)cc3)sc2c1. The normalized spacial score (nSPS) is 21.3. The standard InChI is InChI=1S/C37H43FN2O3S/c38-32-24-26(9-16-34(32)43-35-8-2-1-7-33(35)40-19-5-6-20-40)23-31-30-15-12-28(41)25-36(30)44-37(31)27-10-13-29(14-11-27)42-22-21-39-17-3-4-18-39/h9-16,24-25,33,35,41H,1-8,17-23H2/t33-,35-/m1/s1. The third-order valence-corrected chi connectivity index (χ3v) is 10.9. The van der Waals surface area contributed by atoms with Crippen molar-refractivity contribution in [3.63, 3.8) is 0 Å². The Balaban J connectivity index is 1.09. The van der Waals surface area contributed by atoms with Gasteiger partial charge in [-0.15, -0.1) is 11.3 Å². The van der Waals surface area contributed by atoms with Crippen LogP contribution in [-0.4, -0.2) is 66.4 Å². The predicted octanol–water partition coefficient (Wildman–Crippen LogP) is 8.26. The molecule has 0 spiro atoms. The quantitative estimate of drug-likeness (QED) is 0.195. The average molecular weight is 615 g/mol. The van der Waals surface area contributed by atoms with Crippen molar-refractivity contribution in [2.75, 3.05) is 39.3 Å². The van der Waals surface area contributed by atoms with Gasteiger partial charge in [0.25, 0.3) is 0 Å². The number of phenols is 1. The number of hydrogen-bond acceptors (Lipinski definition) is 6. The minimum Gasteiger partial charge on any atom is -0.508 e. The third kappa shape index (κ3) is 6.60. The van der Waals surface area contributed by atoms with Crippen LogP contribution in [0.2, 0.25) is 0 Å². The molecule has 3 fully saturated rings. The van der Waals surface area contributed by atoms with Gasteiger partial charge in [0.1, 0.15) is 24.2 Å². The number of benzene rings is 3. The number of hydrogen-bond donors (Lipinski definition) is 1. The summed E-state index contributed by atoms with van der Waals surface area (Å²) in [5.74, 6) is 1.20. The van der Waals surface area contributed by atoms with E-state index in [1.165, 1.54) is 45.2 Å². The molecule has 5 nitrogen and oxygen atoms in total. The Kier molecular flexibility index (Phi) is 9.05. The molecule has 1 saturated carbocycles. The van der Waals surface area contributed by atoms with E-state index in [0.717, 1.165) is 76.3 Å². The van der Waals surface area contributed by atoms with Gasteiger partial charge in [-0.2, -0.15) is 0 Å². The second-order valence-electron chi connectivity index (χ2n) is 12.7. The number of nitrogens with zero attached hydrogens (tertiary/aromatic N) is 2. The Bertz CT molecular complexity index is 1560. The molecule has 3 heterocycles. The molecule has 4 aromatic rings. The number of rotatable bonds is 10. The molecular weight excluding hydrogens is 571 g/mol. The van der Waals surface area contributed by atoms with Gasteiger partial charge in [-0.25, -0.2) is 4.39 Å². The lowest BCUT2D eigenvalue weighted by Gasteiger charge is -2.37. The van der Waals surface area contributed by atoms with Crippen molar-refractivity contribution in [2.24, 2.45) is 0 Å². The Hall–Kier alpha value is -3.13. The molecule has 0 radical (unpaired) electrons. The zero-order valence-electron chi connectivity index (χ0n) is 25.5. The Morgan fingerprint density at radius 1 is 0.841 bits per heavy atom. The zero-order chi connectivity index (χ0) is 29.9. The van der Waals surface area contributed by atoms with Crippen LogP contribution >= 0.6 is 11.3 Å². The maximum absolute atomic E-state index is 15.6. The van der Waals surface area contributed by atoms with Crippen molar-refractivity contribution in [3.05, 3.63) is 77.6 Å². The summed E-state index contributed by atoms with van der Waals surface area (Å²) >= 11 is 1.66. The van der Waals surface area contributed by atoms with Crippen LogP contribution in [0, 0.1) is 5.82 Å². The molecule has 2 atom stereocenters. The lowest BCUT2D eigenvalue weighted by atomic mass is 9.91. The molecule has 0 amide bonds. The fourth-order valence-corrected chi connectivity index (χ4v) is 8.63. The van der Waals surface area contributed by atoms with Gasteiger partial charge in [0.2, 0.25) is 0 Å². The van der Waals surface area contributed by atoms with E-state index in [1.807, 2.05) is 36.4 Å². The van der Waals surface area contributed by atoms with E-state index in [2.05, 4.69) is 21.9 Å². The highest BCUT2D eigenvalue weighted by Gasteiger charge is 2.33. The van der Waals surface area contributed by atoms with Crippen molar-refractivity contribution >= 4 is 21.4 Å². The first-order valence-electron chi connectivity index (χ1n) is 16.5. The van der Waals surface area contributed by atoms with Crippen LogP contribution in [0.3, 0.4) is 0 Å². The summed E-state index contributed by atoms with van der Waals surface area (Å²) in [5.41, 5.74) is 3.14. The summed E-state index contributed by atoms with van der Waals surface area (Å²) < 4.78 is 29.0. The number of phenolic OH excluding ortho intramolecular Hbond substituents is 1. The summed E-state index contributed by atoms with van der Waals surface area (Å²) in [4.78, 5) is 6.14. The highest BCUT2D eigenvalue weighted by Crippen LogP contribution is 2.42. The van der Waals surface area contributed by atoms with Gasteiger partial charge in [0.15, 0.2) is 11.6 Å². The van der Waals surface area contributed by atoms with E-state index in [0.29, 0.717) is 24.8 Å². The minimum atomic E-state index is -0.289. The predicted molar refractivity (Wildman–Crippen MR) is 177 cm³/mol. The maximum Gasteiger partial charge on any atom is 0.165 e. The molecule has 0 unspecified atom stereocenters. The highest BCUT2D eigenvalue weighted by molar-refractivity contribution is 7.22. The fourth-order valence-electron chi connectivity index (χ4n) is 7.37. The maximum atomic E-state index is 15.6. The lowest BCUT2D eigenvalue weighted by molar-refractivity contribution is 0.0460. The molecule has 1 N–H and O–H groups in total. The van der Waals surface area contributed by atoms with Crippen molar-refractivity contribution in [3.8, 4) is 27.7 Å². The van der Waals surface area contributed by atoms with E-state index in [4.69, 9.17) is 9.47 Å². The van der Waals surface area contributed by atoms with Gasteiger partial charge in [-0.3, -0.25) is 9.80 Å². The molecule has 44 heavy (non-hydrogen) atoms. The number of halogens is 1. The average Bonchev–Trinajstić information content (AvgIpc) is 3.82. The van der Waals surface area contributed by atoms with Crippen molar-refractivity contribution in [2.45, 2.75) is 69.9 Å². The van der Waals surface area contributed by atoms with E-state index < -0.39 is 0 Å². The molecule has 7 heteroatoms. The number of aromatic hydroxyl groups is 1. The lowest BCUT2D eigenvalue weighted by Crippen LogP contribution is -2.46. The van der Waals surface area contributed by atoms with Gasteiger partial charge >= 0.3 is 0 Å². The van der Waals surface area contributed by atoms with E-state index in [-0.39, 0.29) is 17.7 Å². The van der Waals surface area contributed by atoms with Crippen LogP contribution in [0.5, 0.6) is 17.2 Å². The molecule has 7 rings (SSSR count). The largest absolute Gasteiger partial charge is 0.508 e. The highest BCUT2D eigenvalue weighted by atomic mass is 32.1. The Morgan fingerprint density at radius 2 is 1.61 bits per heavy atom. The van der Waals surface area contributed by atoms with Crippen LogP contribution in [0.25, 0.3) is 20.5 Å². The van der Waals surface area contributed by atoms with Crippen LogP contribution in [0.4, 0.5) is 4.39 Å². The van der Waals surface area contributed by atoms with Crippen LogP contribution < -0.4 is 9.47 Å². The van der Waals surface area contributed by atoms with Crippen molar-refractivity contribution in [1.29, 1.82) is 0 Å². The van der Waals surface area contributed by atoms with Gasteiger partial charge in [0.05, 0.1) is 0 Å². The second kappa shape index (κ2) is 13.5. The summed E-state index contributed by atoms with van der Waals surface area (Å²) in [6.45, 7) is 6.27. The van der Waals surface area contributed by atoms with Crippen LogP contribution in [0.15, 0.2) is 60.7 Å². The summed E-state index contributed by atoms with van der Waals surface area (Å²) in [6, 6.07) is 19.7. The summed E-state index contributed by atoms with van der Waals surface area (Å²) in [7, 11) is 0. The molecule has 2 saturated heterocycles. The smallest absolute Gasteiger partial charge is 0.165 e. The first kappa shape index (κ1) is 29.6. The van der Waals surface area contributed by atoms with E-state index >= 15 is 4.39 Å². The molecule has 3 aromatic carbocycles. The zero-order valence-corrected chi connectivity index (χ0v) is 26.3. The second-order valence-corrected chi connectivity index (χ2v) is 13.8. The molecule has 1 aromatic heterocycles. The molecule has 232 valence electrons. The third-order valence-electron chi connectivity index (χ3n) is 9.70. The first-order chi connectivity index (χ1) is 21.6. The molecular formula is C37H43FN2O3S. The molecule has 0 bridgehead atoms. The monoisotopic (exact) mass is 614 g/mol. The van der Waals surface area contributed by atoms with Crippen LogP contribution in [0.1, 0.15) is 62.5 Å². The van der Waals surface area contributed by atoms with Crippen molar-refractivity contribution in [1.82, 2.24) is 9.80 Å². The van der Waals surface area contributed by atoms with Gasteiger partial charge < -0.3 is 14.6 Å². The Morgan fingerprint density at radius 3 is 2.41 bits per heavy atom. The first-order valence-corrected chi connectivity index (χ1v) is 17.3.